The maximum Gasteiger partial charge on any atom is 0.301 e. The summed E-state index contributed by atoms with van der Waals surface area (Å²) < 4.78 is 2.08. The largest absolute Gasteiger partial charge is 0.350 e. The molecule has 2 aromatic carbocycles. The van der Waals surface area contributed by atoms with E-state index in [-0.39, 0.29) is 0 Å². The zero-order chi connectivity index (χ0) is 17.6. The lowest BCUT2D eigenvalue weighted by molar-refractivity contribution is -0.682. The van der Waals surface area contributed by atoms with E-state index in [2.05, 4.69) is 46.0 Å². The summed E-state index contributed by atoms with van der Waals surface area (Å²) in [6.07, 6.45) is 3.82. The second-order valence-electron chi connectivity index (χ2n) is 6.49. The molecule has 0 aliphatic rings. The lowest BCUT2D eigenvalue weighted by atomic mass is 10.1. The Morgan fingerprint density at radius 3 is 2.80 bits per heavy atom. The number of benzene rings is 2. The second kappa shape index (κ2) is 6.01. The normalized spacial score (nSPS) is 11.6. The summed E-state index contributed by atoms with van der Waals surface area (Å²) in [6.45, 7) is 4.29. The van der Waals surface area contributed by atoms with Crippen LogP contribution in [0.15, 0.2) is 42.9 Å². The van der Waals surface area contributed by atoms with Crippen molar-refractivity contribution >= 4 is 44.9 Å². The molecule has 2 N–H and O–H groups in total. The minimum atomic E-state index is 0.323. The first-order valence-corrected chi connectivity index (χ1v) is 8.59. The second-order valence-corrected chi connectivity index (χ2v) is 6.92. The predicted octanol–water partition coefficient (Wildman–Crippen LogP) is 4.46. The standard InChI is InChI=1S/C19H18ClN5/c1-11(2)19-24-16-12(9-25(19)3)7-15-17(22-10-21-15)18(16)23-14-6-4-5-13(20)8-14/h4-11,23H,1-3H3/p+1. The summed E-state index contributed by atoms with van der Waals surface area (Å²) in [5.74, 6) is 1.35. The molecule has 5 nitrogen and oxygen atoms in total. The molecule has 0 aliphatic carbocycles. The first-order valence-electron chi connectivity index (χ1n) is 8.22. The van der Waals surface area contributed by atoms with Crippen LogP contribution in [0.25, 0.3) is 21.9 Å². The van der Waals surface area contributed by atoms with Gasteiger partial charge in [-0.1, -0.05) is 31.5 Å². The average Bonchev–Trinajstić information content (AvgIpc) is 3.02. The molecule has 0 atom stereocenters. The lowest BCUT2D eigenvalue weighted by Gasteiger charge is -2.10. The molecule has 126 valence electrons. The molecule has 0 radical (unpaired) electrons. The van der Waals surface area contributed by atoms with Crippen molar-refractivity contribution in [2.75, 3.05) is 5.32 Å². The Morgan fingerprint density at radius 1 is 1.20 bits per heavy atom. The first-order chi connectivity index (χ1) is 12.0. The number of fused-ring (bicyclic) bond motifs is 2. The number of aryl methyl sites for hydroxylation is 1. The number of rotatable bonds is 3. The number of hydrogen-bond donors (Lipinski definition) is 2. The predicted molar refractivity (Wildman–Crippen MR) is 101 cm³/mol. The summed E-state index contributed by atoms with van der Waals surface area (Å²) in [6, 6.07) is 9.73. The maximum absolute atomic E-state index is 6.13. The topological polar surface area (TPSA) is 57.5 Å². The Hall–Kier alpha value is -2.66. The van der Waals surface area contributed by atoms with Crippen LogP contribution in [0.3, 0.4) is 0 Å². The van der Waals surface area contributed by atoms with E-state index in [1.54, 1.807) is 6.33 Å². The van der Waals surface area contributed by atoms with E-state index in [4.69, 9.17) is 16.6 Å². The third kappa shape index (κ3) is 2.81. The van der Waals surface area contributed by atoms with Gasteiger partial charge in [0.2, 0.25) is 5.52 Å². The first kappa shape index (κ1) is 15.8. The van der Waals surface area contributed by atoms with E-state index in [9.17, 15) is 0 Å². The lowest BCUT2D eigenvalue weighted by Crippen LogP contribution is -2.35. The Kier molecular flexibility index (Phi) is 3.81. The highest BCUT2D eigenvalue weighted by Crippen LogP contribution is 2.32. The van der Waals surface area contributed by atoms with Crippen LogP contribution < -0.4 is 9.88 Å². The fourth-order valence-electron chi connectivity index (χ4n) is 3.15. The van der Waals surface area contributed by atoms with Crippen LogP contribution in [-0.4, -0.2) is 15.0 Å². The van der Waals surface area contributed by atoms with Gasteiger partial charge in [-0.3, -0.25) is 0 Å². The Bertz CT molecular complexity index is 1080. The van der Waals surface area contributed by atoms with Crippen LogP contribution in [0.5, 0.6) is 0 Å². The molecule has 0 amide bonds. The van der Waals surface area contributed by atoms with E-state index in [0.29, 0.717) is 10.9 Å². The molecule has 4 rings (SSSR count). The molecular formula is C19H19ClN5+. The zero-order valence-corrected chi connectivity index (χ0v) is 15.1. The number of aromatic nitrogens is 4. The summed E-state index contributed by atoms with van der Waals surface area (Å²) in [5.41, 5.74) is 4.53. The van der Waals surface area contributed by atoms with E-state index < -0.39 is 0 Å². The third-order valence-corrected chi connectivity index (χ3v) is 4.48. The van der Waals surface area contributed by atoms with Crippen molar-refractivity contribution in [2.45, 2.75) is 19.8 Å². The fraction of sp³-hybridized carbons (Fsp3) is 0.211. The molecule has 0 fully saturated rings. The number of anilines is 2. The highest BCUT2D eigenvalue weighted by atomic mass is 35.5. The number of aromatic amines is 1. The SMILES string of the molecule is CC(C)c1nc2c(Nc3cccc(Cl)c3)c3nc[nH]c3cc2c[n+]1C. The molecule has 2 heterocycles. The molecule has 25 heavy (non-hydrogen) atoms. The van der Waals surface area contributed by atoms with E-state index in [1.165, 1.54) is 0 Å². The van der Waals surface area contributed by atoms with E-state index >= 15 is 0 Å². The van der Waals surface area contributed by atoms with Gasteiger partial charge in [-0.25, -0.2) is 9.55 Å². The van der Waals surface area contributed by atoms with Gasteiger partial charge in [0, 0.05) is 10.7 Å². The van der Waals surface area contributed by atoms with Crippen molar-refractivity contribution in [3.05, 3.63) is 53.7 Å². The Morgan fingerprint density at radius 2 is 2.04 bits per heavy atom. The minimum absolute atomic E-state index is 0.323. The minimum Gasteiger partial charge on any atom is -0.350 e. The summed E-state index contributed by atoms with van der Waals surface area (Å²) in [5, 5.41) is 5.20. The molecular weight excluding hydrogens is 334 g/mol. The van der Waals surface area contributed by atoms with Crippen molar-refractivity contribution in [3.8, 4) is 0 Å². The van der Waals surface area contributed by atoms with Crippen molar-refractivity contribution in [1.29, 1.82) is 0 Å². The van der Waals surface area contributed by atoms with Crippen LogP contribution in [0.1, 0.15) is 25.6 Å². The van der Waals surface area contributed by atoms with Gasteiger partial charge < -0.3 is 10.3 Å². The molecule has 6 heteroatoms. The maximum atomic E-state index is 6.13. The van der Waals surface area contributed by atoms with Crippen molar-refractivity contribution in [3.63, 3.8) is 0 Å². The smallest absolute Gasteiger partial charge is 0.301 e. The van der Waals surface area contributed by atoms with Gasteiger partial charge in [0.25, 0.3) is 0 Å². The van der Waals surface area contributed by atoms with Gasteiger partial charge in [0.05, 0.1) is 30.2 Å². The average molecular weight is 353 g/mol. The number of halogens is 1. The number of H-pyrrole nitrogens is 1. The quantitative estimate of drug-likeness (QED) is 0.535. The van der Waals surface area contributed by atoms with Crippen LogP contribution >= 0.6 is 11.6 Å². The molecule has 0 aliphatic heterocycles. The molecule has 4 aromatic rings. The number of nitrogens with one attached hydrogen (secondary N) is 2. The van der Waals surface area contributed by atoms with Gasteiger partial charge in [0.1, 0.15) is 17.4 Å². The van der Waals surface area contributed by atoms with E-state index in [1.807, 2.05) is 31.3 Å². The van der Waals surface area contributed by atoms with E-state index in [0.717, 1.165) is 39.1 Å². The van der Waals surface area contributed by atoms with Crippen molar-refractivity contribution < 1.29 is 4.57 Å². The molecule has 0 spiro atoms. The zero-order valence-electron chi connectivity index (χ0n) is 14.3. The summed E-state index contributed by atoms with van der Waals surface area (Å²) in [4.78, 5) is 12.6. The van der Waals surface area contributed by atoms with Gasteiger partial charge in [0.15, 0.2) is 0 Å². The highest BCUT2D eigenvalue weighted by Gasteiger charge is 2.21. The molecule has 2 aromatic heterocycles. The van der Waals surface area contributed by atoms with Gasteiger partial charge in [-0.2, -0.15) is 0 Å². The molecule has 0 unspecified atom stereocenters. The van der Waals surface area contributed by atoms with Crippen LogP contribution in [-0.2, 0) is 7.05 Å². The third-order valence-electron chi connectivity index (χ3n) is 4.25. The van der Waals surface area contributed by atoms with Gasteiger partial charge >= 0.3 is 5.82 Å². The monoisotopic (exact) mass is 352 g/mol. The number of imidazole rings is 1. The highest BCUT2D eigenvalue weighted by molar-refractivity contribution is 6.30. The van der Waals surface area contributed by atoms with Crippen LogP contribution in [0.4, 0.5) is 11.4 Å². The van der Waals surface area contributed by atoms with Crippen LogP contribution in [0, 0.1) is 0 Å². The van der Waals surface area contributed by atoms with Crippen molar-refractivity contribution in [2.24, 2.45) is 7.05 Å². The van der Waals surface area contributed by atoms with Crippen molar-refractivity contribution in [1.82, 2.24) is 15.0 Å². The van der Waals surface area contributed by atoms with Gasteiger partial charge in [-0.05, 0) is 29.2 Å². The summed E-state index contributed by atoms with van der Waals surface area (Å²) in [7, 11) is 2.03. The van der Waals surface area contributed by atoms with Crippen LogP contribution in [0.2, 0.25) is 5.02 Å². The summed E-state index contributed by atoms with van der Waals surface area (Å²) >= 11 is 6.13. The molecule has 0 saturated carbocycles. The van der Waals surface area contributed by atoms with Gasteiger partial charge in [-0.15, -0.1) is 0 Å². The number of hydrogen-bond acceptors (Lipinski definition) is 3. The molecule has 0 bridgehead atoms. The Labute approximate surface area is 150 Å². The fourth-order valence-corrected chi connectivity index (χ4v) is 3.34. The number of nitrogens with zero attached hydrogens (tertiary/aromatic N) is 3. The molecule has 0 saturated heterocycles. The Balaban J connectivity index is 2.00.